The molecule has 0 spiro atoms. The molecule has 9 heteroatoms. The number of amidine groups is 1. The first kappa shape index (κ1) is 18.8. The van der Waals surface area contributed by atoms with Crippen LogP contribution < -0.4 is 16.8 Å². The van der Waals surface area contributed by atoms with E-state index in [1.165, 1.54) is 24.3 Å². The van der Waals surface area contributed by atoms with Gasteiger partial charge in [-0.2, -0.15) is 13.2 Å². The molecule has 0 aromatic heterocycles. The lowest BCUT2D eigenvalue weighted by atomic mass is 9.92. The average molecular weight is 382 g/mol. The van der Waals surface area contributed by atoms with Gasteiger partial charge in [0.05, 0.1) is 17.0 Å². The molecule has 0 radical (unpaired) electrons. The minimum absolute atomic E-state index is 0.000509. The highest BCUT2D eigenvalue weighted by Crippen LogP contribution is 2.36. The normalized spacial score (nSPS) is 20.3. The molecule has 1 atom stereocenters. The first-order chi connectivity index (χ1) is 12.5. The SMILES string of the molecule is CC1=NC(N)(c2ccc(F)cc2)C(N)=C(c2ccc(C(F)(F)F)cc2F)N1. The minimum Gasteiger partial charge on any atom is -0.397 e. The molecule has 1 aliphatic rings. The van der Waals surface area contributed by atoms with Crippen molar-refractivity contribution in [2.75, 3.05) is 0 Å². The van der Waals surface area contributed by atoms with Gasteiger partial charge in [-0.1, -0.05) is 12.1 Å². The van der Waals surface area contributed by atoms with Crippen molar-refractivity contribution in [2.45, 2.75) is 18.8 Å². The van der Waals surface area contributed by atoms with Gasteiger partial charge < -0.3 is 11.1 Å². The molecule has 0 saturated heterocycles. The quantitative estimate of drug-likeness (QED) is 0.697. The highest BCUT2D eigenvalue weighted by Gasteiger charge is 2.37. The van der Waals surface area contributed by atoms with E-state index in [1.54, 1.807) is 6.92 Å². The first-order valence-electron chi connectivity index (χ1n) is 7.78. The molecule has 2 aromatic carbocycles. The summed E-state index contributed by atoms with van der Waals surface area (Å²) < 4.78 is 65.9. The Morgan fingerprint density at radius 1 is 1.04 bits per heavy atom. The number of benzene rings is 2. The van der Waals surface area contributed by atoms with Gasteiger partial charge >= 0.3 is 6.18 Å². The number of hydrogen-bond donors (Lipinski definition) is 3. The smallest absolute Gasteiger partial charge is 0.397 e. The van der Waals surface area contributed by atoms with E-state index in [0.29, 0.717) is 11.6 Å². The Kier molecular flexibility index (Phi) is 4.43. The molecule has 27 heavy (non-hydrogen) atoms. The van der Waals surface area contributed by atoms with E-state index in [1.807, 2.05) is 0 Å². The van der Waals surface area contributed by atoms with Crippen LogP contribution in [0.5, 0.6) is 0 Å². The predicted octanol–water partition coefficient (Wildman–Crippen LogP) is 3.44. The lowest BCUT2D eigenvalue weighted by molar-refractivity contribution is -0.137. The molecule has 0 aliphatic carbocycles. The van der Waals surface area contributed by atoms with Gasteiger partial charge in [-0.3, -0.25) is 5.73 Å². The molecule has 2 aromatic rings. The molecule has 5 N–H and O–H groups in total. The largest absolute Gasteiger partial charge is 0.416 e. The van der Waals surface area contributed by atoms with Crippen molar-refractivity contribution in [1.82, 2.24) is 5.32 Å². The van der Waals surface area contributed by atoms with Crippen LogP contribution >= 0.6 is 0 Å². The number of halogens is 5. The Hall–Kier alpha value is -2.94. The van der Waals surface area contributed by atoms with E-state index in [9.17, 15) is 22.0 Å². The van der Waals surface area contributed by atoms with Crippen molar-refractivity contribution in [3.63, 3.8) is 0 Å². The molecule has 0 bridgehead atoms. The summed E-state index contributed by atoms with van der Waals surface area (Å²) >= 11 is 0. The summed E-state index contributed by atoms with van der Waals surface area (Å²) in [6.45, 7) is 1.54. The zero-order valence-corrected chi connectivity index (χ0v) is 14.0. The lowest BCUT2D eigenvalue weighted by Crippen LogP contribution is -2.47. The standard InChI is InChI=1S/C18H15F5N4/c1-9-26-15(13-7-4-11(8-14(13)20)18(21,22)23)16(24)17(25,27-9)10-2-5-12(19)6-3-10/h2-8H,24-25H2,1H3,(H,26,27). The Bertz CT molecular complexity index is 947. The Morgan fingerprint density at radius 3 is 2.22 bits per heavy atom. The molecule has 142 valence electrons. The van der Waals surface area contributed by atoms with Gasteiger partial charge in [-0.25, -0.2) is 13.8 Å². The van der Waals surface area contributed by atoms with Crippen LogP contribution in [-0.2, 0) is 11.8 Å². The minimum atomic E-state index is -4.68. The molecule has 3 rings (SSSR count). The van der Waals surface area contributed by atoms with Crippen LogP contribution in [0.15, 0.2) is 53.2 Å². The van der Waals surface area contributed by atoms with Crippen molar-refractivity contribution < 1.29 is 22.0 Å². The number of nitrogens with one attached hydrogen (secondary N) is 1. The number of nitrogens with two attached hydrogens (primary N) is 2. The fourth-order valence-electron chi connectivity index (χ4n) is 2.82. The summed E-state index contributed by atoms with van der Waals surface area (Å²) in [5, 5.41) is 2.75. The van der Waals surface area contributed by atoms with Crippen LogP contribution in [0.1, 0.15) is 23.6 Å². The topological polar surface area (TPSA) is 76.4 Å². The second kappa shape index (κ2) is 6.34. The van der Waals surface area contributed by atoms with E-state index in [-0.39, 0.29) is 22.8 Å². The summed E-state index contributed by atoms with van der Waals surface area (Å²) in [4.78, 5) is 4.23. The van der Waals surface area contributed by atoms with Gasteiger partial charge in [-0.15, -0.1) is 0 Å². The maximum atomic E-state index is 14.4. The Balaban J connectivity index is 2.14. The summed E-state index contributed by atoms with van der Waals surface area (Å²) in [6.07, 6.45) is -4.68. The average Bonchev–Trinajstić information content (AvgIpc) is 2.58. The molecule has 1 unspecified atom stereocenters. The first-order valence-corrected chi connectivity index (χ1v) is 7.78. The van der Waals surface area contributed by atoms with E-state index < -0.39 is 29.0 Å². The van der Waals surface area contributed by atoms with Crippen LogP contribution in [0.3, 0.4) is 0 Å². The van der Waals surface area contributed by atoms with Crippen LogP contribution in [0.25, 0.3) is 5.70 Å². The Morgan fingerprint density at radius 2 is 1.67 bits per heavy atom. The van der Waals surface area contributed by atoms with Crippen molar-refractivity contribution in [1.29, 1.82) is 0 Å². The molecule has 4 nitrogen and oxygen atoms in total. The third-order valence-corrected chi connectivity index (χ3v) is 4.18. The highest BCUT2D eigenvalue weighted by molar-refractivity contribution is 5.93. The molecular weight excluding hydrogens is 367 g/mol. The van der Waals surface area contributed by atoms with Crippen LogP contribution in [0.4, 0.5) is 22.0 Å². The number of nitrogens with zero attached hydrogens (tertiary/aromatic N) is 1. The predicted molar refractivity (Wildman–Crippen MR) is 91.0 cm³/mol. The molecule has 1 heterocycles. The van der Waals surface area contributed by atoms with Gasteiger partial charge in [0.25, 0.3) is 0 Å². The second-order valence-electron chi connectivity index (χ2n) is 6.08. The molecule has 0 amide bonds. The van der Waals surface area contributed by atoms with Gasteiger partial charge in [0.2, 0.25) is 0 Å². The molecule has 0 saturated carbocycles. The zero-order valence-electron chi connectivity index (χ0n) is 14.0. The Labute approximate surface area is 151 Å². The molecular formula is C18H15F5N4. The van der Waals surface area contributed by atoms with Crippen LogP contribution in [0.2, 0.25) is 0 Å². The summed E-state index contributed by atoms with van der Waals surface area (Å²) in [5.41, 5.74) is 9.71. The summed E-state index contributed by atoms with van der Waals surface area (Å²) in [5.74, 6) is -1.34. The van der Waals surface area contributed by atoms with Gasteiger partial charge in [0.1, 0.15) is 17.5 Å². The highest BCUT2D eigenvalue weighted by atomic mass is 19.4. The monoisotopic (exact) mass is 382 g/mol. The summed E-state index contributed by atoms with van der Waals surface area (Å²) in [6, 6.07) is 7.20. The van der Waals surface area contributed by atoms with Crippen molar-refractivity contribution in [3.05, 3.63) is 76.5 Å². The van der Waals surface area contributed by atoms with Gasteiger partial charge in [0, 0.05) is 11.1 Å². The second-order valence-corrected chi connectivity index (χ2v) is 6.08. The molecule has 1 aliphatic heterocycles. The third kappa shape index (κ3) is 3.37. The van der Waals surface area contributed by atoms with Crippen LogP contribution in [-0.4, -0.2) is 5.84 Å². The maximum Gasteiger partial charge on any atom is 0.416 e. The maximum absolute atomic E-state index is 14.4. The van der Waals surface area contributed by atoms with Crippen molar-refractivity contribution in [3.8, 4) is 0 Å². The van der Waals surface area contributed by atoms with E-state index in [2.05, 4.69) is 10.3 Å². The summed E-state index contributed by atoms with van der Waals surface area (Å²) in [7, 11) is 0. The van der Waals surface area contributed by atoms with Crippen LogP contribution in [0, 0.1) is 11.6 Å². The van der Waals surface area contributed by atoms with Gasteiger partial charge in [-0.05, 0) is 37.3 Å². The zero-order chi connectivity index (χ0) is 20.0. The number of alkyl halides is 3. The van der Waals surface area contributed by atoms with Crippen molar-refractivity contribution in [2.24, 2.45) is 16.5 Å². The van der Waals surface area contributed by atoms with Crippen molar-refractivity contribution >= 4 is 11.5 Å². The van der Waals surface area contributed by atoms with E-state index in [0.717, 1.165) is 12.1 Å². The number of rotatable bonds is 2. The fraction of sp³-hybridized carbons (Fsp3) is 0.167. The molecule has 0 fully saturated rings. The fourth-order valence-corrected chi connectivity index (χ4v) is 2.82. The van der Waals surface area contributed by atoms with Gasteiger partial charge in [0.15, 0.2) is 5.66 Å². The van der Waals surface area contributed by atoms with E-state index in [4.69, 9.17) is 11.5 Å². The number of aliphatic imine (C=N–C) groups is 1. The lowest BCUT2D eigenvalue weighted by Gasteiger charge is -2.33. The number of hydrogen-bond acceptors (Lipinski definition) is 4. The van der Waals surface area contributed by atoms with E-state index >= 15 is 0 Å². The third-order valence-electron chi connectivity index (χ3n) is 4.18.